The predicted octanol–water partition coefficient (Wildman–Crippen LogP) is 2.01. The second-order valence-corrected chi connectivity index (χ2v) is 8.24. The zero-order chi connectivity index (χ0) is 20.0. The molecule has 1 N–H and O–H groups in total. The third kappa shape index (κ3) is 5.81. The number of rotatable bonds is 9. The second-order valence-electron chi connectivity index (χ2n) is 6.26. The molecule has 27 heavy (non-hydrogen) atoms. The summed E-state index contributed by atoms with van der Waals surface area (Å²) in [7, 11) is 1.86. The van der Waals surface area contributed by atoms with Gasteiger partial charge in [-0.1, -0.05) is 0 Å². The summed E-state index contributed by atoms with van der Waals surface area (Å²) in [6.07, 6.45) is 2.59. The third-order valence-corrected chi connectivity index (χ3v) is 5.17. The molecule has 0 saturated carbocycles. The number of furan rings is 1. The van der Waals surface area contributed by atoms with Crippen molar-refractivity contribution in [3.8, 4) is 0 Å². The molecule has 0 aliphatic rings. The van der Waals surface area contributed by atoms with Gasteiger partial charge in [0.1, 0.15) is 0 Å². The average Bonchev–Trinajstić information content (AvgIpc) is 3.12. The van der Waals surface area contributed by atoms with E-state index in [2.05, 4.69) is 5.32 Å². The van der Waals surface area contributed by atoms with Crippen molar-refractivity contribution in [2.75, 3.05) is 50.8 Å². The molecule has 1 heterocycles. The summed E-state index contributed by atoms with van der Waals surface area (Å²) in [6.45, 7) is 0.699. The van der Waals surface area contributed by atoms with Crippen LogP contribution in [0.1, 0.15) is 16.1 Å². The Morgan fingerprint density at radius 1 is 1.26 bits per heavy atom. The van der Waals surface area contributed by atoms with E-state index < -0.39 is 10.0 Å². The molecule has 2 aromatic rings. The molecule has 1 aromatic heterocycles. The van der Waals surface area contributed by atoms with Crippen molar-refractivity contribution in [3.63, 3.8) is 0 Å². The van der Waals surface area contributed by atoms with Crippen molar-refractivity contribution in [1.82, 2.24) is 4.31 Å². The lowest BCUT2D eigenvalue weighted by Crippen LogP contribution is -2.33. The standard InChI is InChI=1S/C18H25N3O5S/c1-20(2)16-8-7-15(19-18(22)17-6-5-10-26-17)12-14(16)13-21(9-11-25-3)27(4,23)24/h5-8,10,12H,9,11,13H2,1-4H3,(H,19,22). The molecule has 2 rings (SSSR count). The van der Waals surface area contributed by atoms with E-state index in [1.165, 1.54) is 23.9 Å². The van der Waals surface area contributed by atoms with Crippen LogP contribution in [-0.2, 0) is 21.3 Å². The number of sulfonamides is 1. The number of hydrogen-bond donors (Lipinski definition) is 1. The Morgan fingerprint density at radius 2 is 2.00 bits per heavy atom. The lowest BCUT2D eigenvalue weighted by Gasteiger charge is -2.24. The van der Waals surface area contributed by atoms with Crippen molar-refractivity contribution in [2.24, 2.45) is 0 Å². The number of carbonyl (C=O) groups is 1. The maximum Gasteiger partial charge on any atom is 0.291 e. The van der Waals surface area contributed by atoms with Crippen LogP contribution in [0.3, 0.4) is 0 Å². The molecule has 0 bridgehead atoms. The van der Waals surface area contributed by atoms with E-state index in [1.807, 2.05) is 25.1 Å². The largest absolute Gasteiger partial charge is 0.459 e. The fourth-order valence-corrected chi connectivity index (χ4v) is 3.35. The van der Waals surface area contributed by atoms with E-state index in [9.17, 15) is 13.2 Å². The Morgan fingerprint density at radius 3 is 2.56 bits per heavy atom. The molecule has 0 aliphatic carbocycles. The number of amides is 1. The van der Waals surface area contributed by atoms with Gasteiger partial charge in [-0.15, -0.1) is 0 Å². The van der Waals surface area contributed by atoms with Gasteiger partial charge in [-0.05, 0) is 35.9 Å². The highest BCUT2D eigenvalue weighted by Gasteiger charge is 2.20. The summed E-state index contributed by atoms with van der Waals surface area (Å²) in [6, 6.07) is 8.57. The smallest absolute Gasteiger partial charge is 0.291 e. The molecule has 0 saturated heterocycles. The molecule has 8 nitrogen and oxygen atoms in total. The molecule has 0 fully saturated rings. The number of ether oxygens (including phenoxy) is 1. The van der Waals surface area contributed by atoms with E-state index >= 15 is 0 Å². The first-order valence-corrected chi connectivity index (χ1v) is 10.2. The van der Waals surface area contributed by atoms with Crippen LogP contribution in [0.15, 0.2) is 41.0 Å². The Hall–Kier alpha value is -2.36. The average molecular weight is 395 g/mol. The minimum atomic E-state index is -3.42. The van der Waals surface area contributed by atoms with Gasteiger partial charge in [0.15, 0.2) is 5.76 Å². The Bertz CT molecular complexity index is 863. The molecule has 148 valence electrons. The number of nitrogens with one attached hydrogen (secondary N) is 1. The summed E-state index contributed by atoms with van der Waals surface area (Å²) < 4.78 is 35.7. The van der Waals surface area contributed by atoms with Gasteiger partial charge in [-0.3, -0.25) is 4.79 Å². The Labute approximate surface area is 159 Å². The fourth-order valence-electron chi connectivity index (χ4n) is 2.57. The zero-order valence-corrected chi connectivity index (χ0v) is 16.7. The number of anilines is 2. The molecule has 0 aliphatic heterocycles. The molecule has 0 unspecified atom stereocenters. The number of carbonyl (C=O) groups excluding carboxylic acids is 1. The normalized spacial score (nSPS) is 11.6. The second kappa shape index (κ2) is 9.03. The van der Waals surface area contributed by atoms with E-state index in [4.69, 9.17) is 9.15 Å². The van der Waals surface area contributed by atoms with E-state index in [-0.39, 0.29) is 24.8 Å². The lowest BCUT2D eigenvalue weighted by molar-refractivity contribution is 0.0996. The molecule has 1 aromatic carbocycles. The topological polar surface area (TPSA) is 92.1 Å². The van der Waals surface area contributed by atoms with Crippen LogP contribution in [0.25, 0.3) is 0 Å². The Kier molecular flexibility index (Phi) is 7.00. The highest BCUT2D eigenvalue weighted by atomic mass is 32.2. The van der Waals surface area contributed by atoms with Gasteiger partial charge in [0.2, 0.25) is 10.0 Å². The quantitative estimate of drug-likeness (QED) is 0.698. The molecule has 0 spiro atoms. The van der Waals surface area contributed by atoms with Crippen molar-refractivity contribution in [2.45, 2.75) is 6.54 Å². The SMILES string of the molecule is COCCN(Cc1cc(NC(=O)c2ccco2)ccc1N(C)C)S(C)(=O)=O. The maximum absolute atomic E-state index is 12.2. The van der Waals surface area contributed by atoms with Crippen LogP contribution in [0, 0.1) is 0 Å². The predicted molar refractivity (Wildman–Crippen MR) is 105 cm³/mol. The van der Waals surface area contributed by atoms with E-state index in [0.29, 0.717) is 12.3 Å². The minimum Gasteiger partial charge on any atom is -0.459 e. The number of nitrogens with zero attached hydrogens (tertiary/aromatic N) is 2. The van der Waals surface area contributed by atoms with Crippen molar-refractivity contribution in [3.05, 3.63) is 47.9 Å². The van der Waals surface area contributed by atoms with Gasteiger partial charge in [0.25, 0.3) is 5.91 Å². The van der Waals surface area contributed by atoms with Crippen LogP contribution in [-0.4, -0.2) is 59.2 Å². The lowest BCUT2D eigenvalue weighted by atomic mass is 10.1. The first-order chi connectivity index (χ1) is 12.7. The van der Waals surface area contributed by atoms with Gasteiger partial charge in [-0.25, -0.2) is 8.42 Å². The van der Waals surface area contributed by atoms with Crippen molar-refractivity contribution < 1.29 is 22.4 Å². The molecule has 1 amide bonds. The highest BCUT2D eigenvalue weighted by molar-refractivity contribution is 7.88. The Balaban J connectivity index is 2.30. The van der Waals surface area contributed by atoms with Crippen LogP contribution < -0.4 is 10.2 Å². The van der Waals surface area contributed by atoms with Crippen molar-refractivity contribution in [1.29, 1.82) is 0 Å². The number of methoxy groups -OCH3 is 1. The summed E-state index contributed by atoms with van der Waals surface area (Å²) >= 11 is 0. The van der Waals surface area contributed by atoms with Gasteiger partial charge >= 0.3 is 0 Å². The van der Waals surface area contributed by atoms with Crippen LogP contribution in [0.5, 0.6) is 0 Å². The fraction of sp³-hybridized carbons (Fsp3) is 0.389. The molecule has 9 heteroatoms. The van der Waals surface area contributed by atoms with Gasteiger partial charge in [-0.2, -0.15) is 4.31 Å². The molecule has 0 radical (unpaired) electrons. The van der Waals surface area contributed by atoms with Crippen LogP contribution in [0.2, 0.25) is 0 Å². The summed E-state index contributed by atoms with van der Waals surface area (Å²) in [5.74, 6) is -0.172. The maximum atomic E-state index is 12.2. The molecular weight excluding hydrogens is 370 g/mol. The first-order valence-electron chi connectivity index (χ1n) is 8.31. The summed E-state index contributed by atoms with van der Waals surface area (Å²) in [5, 5.41) is 2.76. The zero-order valence-electron chi connectivity index (χ0n) is 15.9. The van der Waals surface area contributed by atoms with Crippen molar-refractivity contribution >= 4 is 27.3 Å². The van der Waals surface area contributed by atoms with E-state index in [1.54, 1.807) is 24.3 Å². The van der Waals surface area contributed by atoms with E-state index in [0.717, 1.165) is 11.3 Å². The van der Waals surface area contributed by atoms with Gasteiger partial charge in [0, 0.05) is 45.7 Å². The van der Waals surface area contributed by atoms with Gasteiger partial charge in [0.05, 0.1) is 19.1 Å². The molecule has 0 atom stereocenters. The highest BCUT2D eigenvalue weighted by Crippen LogP contribution is 2.25. The van der Waals surface area contributed by atoms with Gasteiger partial charge < -0.3 is 19.4 Å². The minimum absolute atomic E-state index is 0.167. The number of benzene rings is 1. The monoisotopic (exact) mass is 395 g/mol. The number of hydrogen-bond acceptors (Lipinski definition) is 6. The summed E-state index contributed by atoms with van der Waals surface area (Å²) in [4.78, 5) is 14.1. The third-order valence-electron chi connectivity index (χ3n) is 3.92. The molecular formula is C18H25N3O5S. The van der Waals surface area contributed by atoms with Crippen LogP contribution in [0.4, 0.5) is 11.4 Å². The van der Waals surface area contributed by atoms with Crippen LogP contribution >= 0.6 is 0 Å². The first kappa shape index (κ1) is 20.9. The summed E-state index contributed by atoms with van der Waals surface area (Å²) in [5.41, 5.74) is 2.17.